The summed E-state index contributed by atoms with van der Waals surface area (Å²) in [6.07, 6.45) is 0. The van der Waals surface area contributed by atoms with E-state index in [2.05, 4.69) is 4.72 Å². The molecule has 0 aliphatic carbocycles. The van der Waals surface area contributed by atoms with E-state index < -0.39 is 15.8 Å². The fourth-order valence-electron chi connectivity index (χ4n) is 1.50. The number of hydrogen-bond acceptors (Lipinski definition) is 3. The van der Waals surface area contributed by atoms with Crippen molar-refractivity contribution in [3.8, 4) is 0 Å². The monoisotopic (exact) mass is 300 g/mol. The van der Waals surface area contributed by atoms with Crippen LogP contribution in [0.4, 0.5) is 15.8 Å². The SMILES string of the molecule is Nc1ccc(F)cc1S(=O)(=O)Nc1cccc(Cl)c1. The number of rotatable bonds is 3. The molecule has 0 unspecified atom stereocenters. The summed E-state index contributed by atoms with van der Waals surface area (Å²) in [5.41, 5.74) is 5.79. The highest BCUT2D eigenvalue weighted by Crippen LogP contribution is 2.23. The number of nitrogens with two attached hydrogens (primary N) is 1. The molecular formula is C12H10ClFN2O2S. The minimum absolute atomic E-state index is 0.0315. The number of halogens is 2. The Morgan fingerprint density at radius 3 is 2.58 bits per heavy atom. The van der Waals surface area contributed by atoms with Gasteiger partial charge in [-0.05, 0) is 36.4 Å². The summed E-state index contributed by atoms with van der Waals surface area (Å²) >= 11 is 5.76. The van der Waals surface area contributed by atoms with Gasteiger partial charge in [0.1, 0.15) is 10.7 Å². The number of nitrogens with one attached hydrogen (secondary N) is 1. The van der Waals surface area contributed by atoms with Gasteiger partial charge in [-0.25, -0.2) is 12.8 Å². The van der Waals surface area contributed by atoms with Crippen LogP contribution in [0.2, 0.25) is 5.02 Å². The third-order valence-electron chi connectivity index (χ3n) is 2.34. The van der Waals surface area contributed by atoms with Crippen molar-refractivity contribution in [3.63, 3.8) is 0 Å². The first kappa shape index (κ1) is 13.6. The van der Waals surface area contributed by atoms with Gasteiger partial charge in [0, 0.05) is 5.02 Å². The van der Waals surface area contributed by atoms with E-state index >= 15 is 0 Å². The molecule has 0 heterocycles. The predicted octanol–water partition coefficient (Wildman–Crippen LogP) is 2.86. The highest BCUT2D eigenvalue weighted by Gasteiger charge is 2.18. The molecule has 0 spiro atoms. The summed E-state index contributed by atoms with van der Waals surface area (Å²) < 4.78 is 39.6. The van der Waals surface area contributed by atoms with E-state index in [0.29, 0.717) is 5.02 Å². The number of hydrogen-bond donors (Lipinski definition) is 2. The molecule has 0 bridgehead atoms. The van der Waals surface area contributed by atoms with Gasteiger partial charge in [-0.15, -0.1) is 0 Å². The lowest BCUT2D eigenvalue weighted by molar-refractivity contribution is 0.596. The van der Waals surface area contributed by atoms with Crippen LogP contribution >= 0.6 is 11.6 Å². The molecule has 3 N–H and O–H groups in total. The molecule has 19 heavy (non-hydrogen) atoms. The van der Waals surface area contributed by atoms with Crippen LogP contribution in [-0.2, 0) is 10.0 Å². The van der Waals surface area contributed by atoms with Crippen molar-refractivity contribution in [2.24, 2.45) is 0 Å². The Labute approximate surface area is 115 Å². The second-order valence-corrected chi connectivity index (χ2v) is 5.89. The van der Waals surface area contributed by atoms with Crippen LogP contribution in [-0.4, -0.2) is 8.42 Å². The maximum atomic E-state index is 13.1. The summed E-state index contributed by atoms with van der Waals surface area (Å²) in [6.45, 7) is 0. The zero-order chi connectivity index (χ0) is 14.0. The van der Waals surface area contributed by atoms with E-state index in [1.165, 1.54) is 18.2 Å². The van der Waals surface area contributed by atoms with Crippen LogP contribution in [0.15, 0.2) is 47.4 Å². The molecule has 100 valence electrons. The summed E-state index contributed by atoms with van der Waals surface area (Å²) in [6, 6.07) is 9.32. The minimum Gasteiger partial charge on any atom is -0.398 e. The van der Waals surface area contributed by atoms with Gasteiger partial charge in [-0.3, -0.25) is 4.72 Å². The van der Waals surface area contributed by atoms with E-state index in [1.54, 1.807) is 12.1 Å². The normalized spacial score (nSPS) is 11.3. The second kappa shape index (κ2) is 5.07. The van der Waals surface area contributed by atoms with Crippen molar-refractivity contribution in [3.05, 3.63) is 53.3 Å². The van der Waals surface area contributed by atoms with Crippen LogP contribution in [0.1, 0.15) is 0 Å². The van der Waals surface area contributed by atoms with Crippen LogP contribution in [0.25, 0.3) is 0 Å². The predicted molar refractivity (Wildman–Crippen MR) is 73.1 cm³/mol. The van der Waals surface area contributed by atoms with Crippen molar-refractivity contribution in [2.75, 3.05) is 10.5 Å². The maximum Gasteiger partial charge on any atom is 0.264 e. The molecule has 0 aliphatic rings. The smallest absolute Gasteiger partial charge is 0.264 e. The first-order chi connectivity index (χ1) is 8.88. The topological polar surface area (TPSA) is 72.2 Å². The summed E-state index contributed by atoms with van der Waals surface area (Å²) in [4.78, 5) is -0.313. The molecule has 0 saturated carbocycles. The number of anilines is 2. The third-order valence-corrected chi connectivity index (χ3v) is 4.01. The first-order valence-corrected chi connectivity index (χ1v) is 7.08. The lowest BCUT2D eigenvalue weighted by atomic mass is 10.3. The molecule has 2 aromatic rings. The zero-order valence-electron chi connectivity index (χ0n) is 9.60. The minimum atomic E-state index is -3.96. The van der Waals surface area contributed by atoms with Crippen molar-refractivity contribution in [1.29, 1.82) is 0 Å². The Hall–Kier alpha value is -1.79. The Morgan fingerprint density at radius 1 is 1.16 bits per heavy atom. The largest absolute Gasteiger partial charge is 0.398 e. The lowest BCUT2D eigenvalue weighted by Crippen LogP contribution is -2.15. The summed E-state index contributed by atoms with van der Waals surface area (Å²) in [5.74, 6) is -0.680. The van der Waals surface area contributed by atoms with Gasteiger partial charge in [0.15, 0.2) is 0 Å². The molecule has 2 rings (SSSR count). The zero-order valence-corrected chi connectivity index (χ0v) is 11.2. The quantitative estimate of drug-likeness (QED) is 0.856. The van der Waals surface area contributed by atoms with Gasteiger partial charge < -0.3 is 5.73 Å². The molecule has 0 radical (unpaired) electrons. The van der Waals surface area contributed by atoms with Crippen LogP contribution in [0.3, 0.4) is 0 Å². The number of benzene rings is 2. The average molecular weight is 301 g/mol. The van der Waals surface area contributed by atoms with Gasteiger partial charge in [-0.1, -0.05) is 17.7 Å². The van der Waals surface area contributed by atoms with Gasteiger partial charge in [0.05, 0.1) is 11.4 Å². The molecule has 4 nitrogen and oxygen atoms in total. The fourth-order valence-corrected chi connectivity index (χ4v) is 2.89. The molecule has 0 aliphatic heterocycles. The average Bonchev–Trinajstić information content (AvgIpc) is 2.31. The van der Waals surface area contributed by atoms with Crippen molar-refractivity contribution >= 4 is 33.0 Å². The van der Waals surface area contributed by atoms with Gasteiger partial charge in [-0.2, -0.15) is 0 Å². The van der Waals surface area contributed by atoms with Crippen molar-refractivity contribution in [2.45, 2.75) is 4.90 Å². The summed E-state index contributed by atoms with van der Waals surface area (Å²) in [5, 5.41) is 0.382. The summed E-state index contributed by atoms with van der Waals surface area (Å²) in [7, 11) is -3.96. The molecule has 0 fully saturated rings. The van der Waals surface area contributed by atoms with E-state index in [4.69, 9.17) is 17.3 Å². The number of sulfonamides is 1. The van der Waals surface area contributed by atoms with E-state index in [9.17, 15) is 12.8 Å². The standard InChI is InChI=1S/C12H10ClFN2O2S/c13-8-2-1-3-10(6-8)16-19(17,18)12-7-9(14)4-5-11(12)15/h1-7,16H,15H2. The molecule has 0 aromatic heterocycles. The lowest BCUT2D eigenvalue weighted by Gasteiger charge is -2.10. The fraction of sp³-hybridized carbons (Fsp3) is 0. The van der Waals surface area contributed by atoms with Crippen LogP contribution in [0.5, 0.6) is 0 Å². The van der Waals surface area contributed by atoms with Crippen LogP contribution in [0, 0.1) is 5.82 Å². The van der Waals surface area contributed by atoms with Gasteiger partial charge in [0.25, 0.3) is 10.0 Å². The second-order valence-electron chi connectivity index (χ2n) is 3.80. The van der Waals surface area contributed by atoms with Gasteiger partial charge >= 0.3 is 0 Å². The van der Waals surface area contributed by atoms with E-state index in [-0.39, 0.29) is 16.3 Å². The molecule has 7 heteroatoms. The van der Waals surface area contributed by atoms with E-state index in [0.717, 1.165) is 12.1 Å². The van der Waals surface area contributed by atoms with E-state index in [1.807, 2.05) is 0 Å². The molecule has 0 atom stereocenters. The molecule has 2 aromatic carbocycles. The Kier molecular flexibility index (Phi) is 3.64. The highest BCUT2D eigenvalue weighted by atomic mass is 35.5. The Bertz CT molecular complexity index is 719. The number of nitrogen functional groups attached to an aromatic ring is 1. The maximum absolute atomic E-state index is 13.1. The third kappa shape index (κ3) is 3.15. The van der Waals surface area contributed by atoms with Crippen molar-refractivity contribution < 1.29 is 12.8 Å². The highest BCUT2D eigenvalue weighted by molar-refractivity contribution is 7.92. The Morgan fingerprint density at radius 2 is 1.89 bits per heavy atom. The van der Waals surface area contributed by atoms with Crippen LogP contribution < -0.4 is 10.5 Å². The first-order valence-electron chi connectivity index (χ1n) is 5.22. The molecule has 0 amide bonds. The molecule has 0 saturated heterocycles. The Balaban J connectivity index is 2.40. The van der Waals surface area contributed by atoms with Gasteiger partial charge in [0.2, 0.25) is 0 Å². The molecular weight excluding hydrogens is 291 g/mol. The van der Waals surface area contributed by atoms with Crippen molar-refractivity contribution in [1.82, 2.24) is 0 Å².